The molecule has 2 rings (SSSR count). The summed E-state index contributed by atoms with van der Waals surface area (Å²) in [6.07, 6.45) is 8.00. The van der Waals surface area contributed by atoms with Gasteiger partial charge >= 0.3 is 0 Å². The molecular weight excluding hydrogens is 210 g/mol. The first-order valence-electron chi connectivity index (χ1n) is 5.71. The molecule has 0 saturated heterocycles. The van der Waals surface area contributed by atoms with Gasteiger partial charge in [-0.05, 0) is 6.54 Å². The molecule has 0 radical (unpaired) electrons. The van der Waals surface area contributed by atoms with Crippen LogP contribution in [0.3, 0.4) is 0 Å². The zero-order valence-corrected chi connectivity index (χ0v) is 11.0. The average Bonchev–Trinajstić information content (AvgIpc) is 2.33. The van der Waals surface area contributed by atoms with E-state index < -0.39 is 0 Å². The molecular formula is C14H23N3+2. The highest BCUT2D eigenvalue weighted by molar-refractivity contribution is 4.83. The van der Waals surface area contributed by atoms with Crippen LogP contribution >= 0.6 is 0 Å². The van der Waals surface area contributed by atoms with Gasteiger partial charge in [0.2, 0.25) is 0 Å². The predicted molar refractivity (Wildman–Crippen MR) is 70.0 cm³/mol. The van der Waals surface area contributed by atoms with E-state index in [-0.39, 0.29) is 0 Å². The second kappa shape index (κ2) is 10.8. The van der Waals surface area contributed by atoms with Crippen LogP contribution in [-0.2, 0) is 14.1 Å². The van der Waals surface area contributed by atoms with Crippen molar-refractivity contribution in [1.29, 1.82) is 0 Å². The lowest BCUT2D eigenvalue weighted by Gasteiger charge is -1.77. The Balaban J connectivity index is 0.000000247. The Morgan fingerprint density at radius 2 is 0.941 bits per heavy atom. The van der Waals surface area contributed by atoms with Crippen molar-refractivity contribution in [2.24, 2.45) is 19.8 Å². The summed E-state index contributed by atoms with van der Waals surface area (Å²) < 4.78 is 4.00. The Morgan fingerprint density at radius 1 is 0.706 bits per heavy atom. The highest BCUT2D eigenvalue weighted by Crippen LogP contribution is 1.72. The minimum atomic E-state index is 0.750. The van der Waals surface area contributed by atoms with Gasteiger partial charge in [0.25, 0.3) is 0 Å². The lowest BCUT2D eigenvalue weighted by molar-refractivity contribution is -0.671. The lowest BCUT2D eigenvalue weighted by Crippen LogP contribution is -2.25. The van der Waals surface area contributed by atoms with Crippen LogP contribution in [0.15, 0.2) is 61.2 Å². The maximum absolute atomic E-state index is 4.85. The molecule has 2 aromatic rings. The fourth-order valence-electron chi connectivity index (χ4n) is 0.969. The molecule has 92 valence electrons. The van der Waals surface area contributed by atoms with E-state index in [0.717, 1.165) is 6.54 Å². The van der Waals surface area contributed by atoms with Gasteiger partial charge < -0.3 is 5.73 Å². The van der Waals surface area contributed by atoms with E-state index in [2.05, 4.69) is 0 Å². The molecule has 0 saturated carbocycles. The van der Waals surface area contributed by atoms with Gasteiger partial charge in [0.1, 0.15) is 14.1 Å². The molecule has 17 heavy (non-hydrogen) atoms. The van der Waals surface area contributed by atoms with Crippen LogP contribution in [0.2, 0.25) is 0 Å². The van der Waals surface area contributed by atoms with Crippen LogP contribution in [0.5, 0.6) is 0 Å². The monoisotopic (exact) mass is 233 g/mol. The van der Waals surface area contributed by atoms with E-state index in [0.29, 0.717) is 0 Å². The zero-order chi connectivity index (χ0) is 12.9. The normalized spacial score (nSPS) is 8.24. The average molecular weight is 233 g/mol. The molecule has 0 amide bonds. The van der Waals surface area contributed by atoms with Crippen molar-refractivity contribution in [3.05, 3.63) is 61.2 Å². The Hall–Kier alpha value is -1.74. The number of nitrogens with two attached hydrogens (primary N) is 1. The molecule has 2 aromatic heterocycles. The van der Waals surface area contributed by atoms with Gasteiger partial charge in [-0.1, -0.05) is 19.1 Å². The third kappa shape index (κ3) is 10.5. The molecule has 0 fully saturated rings. The van der Waals surface area contributed by atoms with Gasteiger partial charge in [0.15, 0.2) is 24.8 Å². The summed E-state index contributed by atoms with van der Waals surface area (Å²) >= 11 is 0. The molecule has 0 unspecified atom stereocenters. The summed E-state index contributed by atoms with van der Waals surface area (Å²) in [5, 5.41) is 0. The van der Waals surface area contributed by atoms with Gasteiger partial charge in [-0.2, -0.15) is 0 Å². The van der Waals surface area contributed by atoms with Gasteiger partial charge in [0.05, 0.1) is 0 Å². The Bertz CT molecular complexity index is 322. The van der Waals surface area contributed by atoms with E-state index >= 15 is 0 Å². The van der Waals surface area contributed by atoms with Gasteiger partial charge in [-0.25, -0.2) is 9.13 Å². The van der Waals surface area contributed by atoms with Crippen LogP contribution in [0.1, 0.15) is 6.92 Å². The highest BCUT2D eigenvalue weighted by Gasteiger charge is 1.79. The van der Waals surface area contributed by atoms with Gasteiger partial charge in [-0.15, -0.1) is 0 Å². The third-order valence-corrected chi connectivity index (χ3v) is 1.73. The molecule has 2 N–H and O–H groups in total. The third-order valence-electron chi connectivity index (χ3n) is 1.73. The van der Waals surface area contributed by atoms with Crippen LogP contribution in [0.4, 0.5) is 0 Å². The largest absolute Gasteiger partial charge is 0.331 e. The fourth-order valence-corrected chi connectivity index (χ4v) is 0.969. The molecule has 0 atom stereocenters. The second-order valence-electron chi connectivity index (χ2n) is 3.49. The van der Waals surface area contributed by atoms with Crippen LogP contribution in [-0.4, -0.2) is 6.54 Å². The van der Waals surface area contributed by atoms with Gasteiger partial charge in [-0.3, -0.25) is 0 Å². The number of aromatic nitrogens is 2. The SMILES string of the molecule is CCN.C[n+]1ccccc1.C[n+]1ccccc1. The predicted octanol–water partition coefficient (Wildman–Crippen LogP) is 0.987. The number of hydrogen-bond donors (Lipinski definition) is 1. The molecule has 0 aliphatic rings. The highest BCUT2D eigenvalue weighted by atomic mass is 14.9. The summed E-state index contributed by atoms with van der Waals surface area (Å²) in [7, 11) is 4.00. The van der Waals surface area contributed by atoms with Crippen LogP contribution in [0.25, 0.3) is 0 Å². The van der Waals surface area contributed by atoms with E-state index in [1.165, 1.54) is 0 Å². The maximum atomic E-state index is 4.85. The number of pyridine rings is 2. The van der Waals surface area contributed by atoms with Crippen molar-refractivity contribution in [2.45, 2.75) is 6.92 Å². The molecule has 0 aliphatic carbocycles. The Kier molecular flexibility index (Phi) is 9.67. The number of nitrogens with zero attached hydrogens (tertiary/aromatic N) is 2. The van der Waals surface area contributed by atoms with E-state index in [4.69, 9.17) is 5.73 Å². The smallest absolute Gasteiger partial charge is 0.168 e. The van der Waals surface area contributed by atoms with Crippen LogP contribution in [0, 0.1) is 0 Å². The number of aryl methyl sites for hydroxylation is 2. The molecule has 0 aliphatic heterocycles. The quantitative estimate of drug-likeness (QED) is 0.676. The first-order valence-corrected chi connectivity index (χ1v) is 5.71. The molecule has 0 bridgehead atoms. The van der Waals surface area contributed by atoms with Crippen molar-refractivity contribution in [3.63, 3.8) is 0 Å². The number of rotatable bonds is 0. The van der Waals surface area contributed by atoms with E-state index in [1.54, 1.807) is 0 Å². The summed E-state index contributed by atoms with van der Waals surface area (Å²) in [4.78, 5) is 0. The molecule has 3 nitrogen and oxygen atoms in total. The van der Waals surface area contributed by atoms with Crippen molar-refractivity contribution in [1.82, 2.24) is 0 Å². The van der Waals surface area contributed by atoms with E-state index in [1.807, 2.05) is 91.3 Å². The zero-order valence-electron chi connectivity index (χ0n) is 11.0. The van der Waals surface area contributed by atoms with Crippen molar-refractivity contribution in [3.8, 4) is 0 Å². The van der Waals surface area contributed by atoms with Crippen molar-refractivity contribution in [2.75, 3.05) is 6.54 Å². The molecule has 2 heterocycles. The summed E-state index contributed by atoms with van der Waals surface area (Å²) in [6.45, 7) is 2.65. The summed E-state index contributed by atoms with van der Waals surface area (Å²) in [5.41, 5.74) is 4.85. The first-order chi connectivity index (χ1) is 8.20. The summed E-state index contributed by atoms with van der Waals surface area (Å²) in [6, 6.07) is 12.0. The number of hydrogen-bond acceptors (Lipinski definition) is 1. The topological polar surface area (TPSA) is 33.8 Å². The first kappa shape index (κ1) is 15.3. The van der Waals surface area contributed by atoms with Gasteiger partial charge in [0, 0.05) is 24.3 Å². The maximum Gasteiger partial charge on any atom is 0.168 e. The lowest BCUT2D eigenvalue weighted by atomic mass is 10.5. The fraction of sp³-hybridized carbons (Fsp3) is 0.286. The van der Waals surface area contributed by atoms with Crippen molar-refractivity contribution >= 4 is 0 Å². The standard InChI is InChI=1S/2C6H8N.C2H7N/c2*1-7-5-3-2-4-6-7;1-2-3/h2*2-6H,1H3;2-3H2,1H3/q2*+1;. The Labute approximate surface area is 104 Å². The molecule has 3 heteroatoms. The minimum Gasteiger partial charge on any atom is -0.331 e. The minimum absolute atomic E-state index is 0.750. The molecule has 0 aromatic carbocycles. The Morgan fingerprint density at radius 3 is 1.06 bits per heavy atom. The molecule has 0 spiro atoms. The second-order valence-corrected chi connectivity index (χ2v) is 3.49. The van der Waals surface area contributed by atoms with Crippen molar-refractivity contribution < 1.29 is 9.13 Å². The van der Waals surface area contributed by atoms with E-state index in [9.17, 15) is 0 Å². The van der Waals surface area contributed by atoms with Crippen LogP contribution < -0.4 is 14.9 Å². The summed E-state index contributed by atoms with van der Waals surface area (Å²) in [5.74, 6) is 0.